The van der Waals surface area contributed by atoms with Crippen molar-refractivity contribution in [3.05, 3.63) is 52.6 Å². The van der Waals surface area contributed by atoms with Crippen LogP contribution >= 0.6 is 0 Å². The Hall–Kier alpha value is -2.82. The predicted octanol–water partition coefficient (Wildman–Crippen LogP) is 4.73. The van der Waals surface area contributed by atoms with E-state index in [0.717, 1.165) is 16.7 Å². The molecule has 1 aliphatic heterocycles. The molecule has 1 amide bonds. The van der Waals surface area contributed by atoms with Gasteiger partial charge in [-0.15, -0.1) is 0 Å². The minimum atomic E-state index is -0.545. The summed E-state index contributed by atoms with van der Waals surface area (Å²) in [5.74, 6) is -0.232. The summed E-state index contributed by atoms with van der Waals surface area (Å²) in [5, 5.41) is 10.9. The lowest BCUT2D eigenvalue weighted by Crippen LogP contribution is -2.29. The third-order valence-corrected chi connectivity index (χ3v) is 5.30. The number of hydrogen-bond donors (Lipinski definition) is 1. The summed E-state index contributed by atoms with van der Waals surface area (Å²) in [6.07, 6.45) is 0. The number of aromatic hydroxyl groups is 1. The van der Waals surface area contributed by atoms with E-state index in [1.807, 2.05) is 53.7 Å². The van der Waals surface area contributed by atoms with Gasteiger partial charge in [0.05, 0.1) is 24.9 Å². The van der Waals surface area contributed by atoms with Crippen molar-refractivity contribution >= 4 is 17.4 Å². The zero-order valence-corrected chi connectivity index (χ0v) is 18.2. The van der Waals surface area contributed by atoms with Gasteiger partial charge in [0.25, 0.3) is 11.7 Å². The third kappa shape index (κ3) is 3.74. The monoisotopic (exact) mass is 395 g/mol. The first-order chi connectivity index (χ1) is 13.3. The minimum Gasteiger partial charge on any atom is -0.507 e. The van der Waals surface area contributed by atoms with Gasteiger partial charge in [-0.3, -0.25) is 9.59 Å². The van der Waals surface area contributed by atoms with Gasteiger partial charge >= 0.3 is 0 Å². The number of Topliss-reactive ketones (excluding diaryl/α,β-unsaturated/α-hetero) is 1. The molecule has 5 nitrogen and oxygen atoms in total. The van der Waals surface area contributed by atoms with E-state index >= 15 is 0 Å². The Morgan fingerprint density at radius 3 is 1.97 bits per heavy atom. The SMILES string of the molecule is COc1ccc2c(c1)C(=O)C(=O)N2Cc1cc(C(C)(C)C)c(O)c(C(C)(C)C)c1. The number of rotatable bonds is 3. The zero-order valence-electron chi connectivity index (χ0n) is 18.2. The van der Waals surface area contributed by atoms with Crippen molar-refractivity contribution in [2.75, 3.05) is 12.0 Å². The second kappa shape index (κ2) is 6.90. The van der Waals surface area contributed by atoms with E-state index in [-0.39, 0.29) is 17.4 Å². The van der Waals surface area contributed by atoms with Gasteiger partial charge in [-0.2, -0.15) is 0 Å². The van der Waals surface area contributed by atoms with E-state index in [4.69, 9.17) is 4.74 Å². The fourth-order valence-electron chi connectivity index (χ4n) is 3.68. The third-order valence-electron chi connectivity index (χ3n) is 5.30. The standard InChI is InChI=1S/C24H29NO4/c1-23(2,3)17-10-14(11-18(21(17)27)24(4,5)6)13-25-19-9-8-15(29-7)12-16(19)20(26)22(25)28/h8-12,27H,13H2,1-7H3. The number of carbonyl (C=O) groups is 2. The fourth-order valence-corrected chi connectivity index (χ4v) is 3.68. The predicted molar refractivity (Wildman–Crippen MR) is 114 cm³/mol. The summed E-state index contributed by atoms with van der Waals surface area (Å²) in [6.45, 7) is 12.5. The van der Waals surface area contributed by atoms with Crippen LogP contribution in [-0.4, -0.2) is 23.9 Å². The molecule has 0 atom stereocenters. The minimum absolute atomic E-state index is 0.260. The van der Waals surface area contributed by atoms with Crippen molar-refractivity contribution < 1.29 is 19.4 Å². The van der Waals surface area contributed by atoms with Crippen molar-refractivity contribution in [3.8, 4) is 11.5 Å². The first kappa shape index (κ1) is 20.9. The Morgan fingerprint density at radius 2 is 1.48 bits per heavy atom. The number of amides is 1. The quantitative estimate of drug-likeness (QED) is 0.763. The van der Waals surface area contributed by atoms with Crippen molar-refractivity contribution in [1.29, 1.82) is 0 Å². The summed E-state index contributed by atoms with van der Waals surface area (Å²) in [6, 6.07) is 8.96. The lowest BCUT2D eigenvalue weighted by molar-refractivity contribution is -0.114. The van der Waals surface area contributed by atoms with Crippen LogP contribution in [0.25, 0.3) is 0 Å². The summed E-state index contributed by atoms with van der Waals surface area (Å²) >= 11 is 0. The average Bonchev–Trinajstić information content (AvgIpc) is 2.85. The highest BCUT2D eigenvalue weighted by Gasteiger charge is 2.36. The Kier molecular flexibility index (Phi) is 4.98. The maximum absolute atomic E-state index is 12.7. The van der Waals surface area contributed by atoms with Gasteiger partial charge in [0, 0.05) is 0 Å². The number of fused-ring (bicyclic) bond motifs is 1. The van der Waals surface area contributed by atoms with Gasteiger partial charge in [-0.25, -0.2) is 0 Å². The molecule has 0 aliphatic carbocycles. The van der Waals surface area contributed by atoms with E-state index in [9.17, 15) is 14.7 Å². The Morgan fingerprint density at radius 1 is 0.931 bits per heavy atom. The van der Waals surface area contributed by atoms with Crippen LogP contribution in [0.4, 0.5) is 5.69 Å². The van der Waals surface area contributed by atoms with Crippen LogP contribution < -0.4 is 9.64 Å². The molecule has 0 radical (unpaired) electrons. The molecule has 0 spiro atoms. The number of ketones is 1. The lowest BCUT2D eigenvalue weighted by Gasteiger charge is -2.29. The van der Waals surface area contributed by atoms with Crippen LogP contribution in [0.5, 0.6) is 11.5 Å². The number of benzene rings is 2. The molecule has 0 unspecified atom stereocenters. The second-order valence-corrected chi connectivity index (χ2v) is 9.64. The maximum Gasteiger partial charge on any atom is 0.299 e. The van der Waals surface area contributed by atoms with Crippen LogP contribution in [0.3, 0.4) is 0 Å². The van der Waals surface area contributed by atoms with Gasteiger partial charge in [0.1, 0.15) is 11.5 Å². The molecule has 0 bridgehead atoms. The zero-order chi connectivity index (χ0) is 21.7. The van der Waals surface area contributed by atoms with Crippen molar-refractivity contribution in [3.63, 3.8) is 0 Å². The van der Waals surface area contributed by atoms with Crippen LogP contribution in [-0.2, 0) is 22.2 Å². The van der Waals surface area contributed by atoms with E-state index in [2.05, 4.69) is 0 Å². The summed E-state index contributed by atoms with van der Waals surface area (Å²) in [5.41, 5.74) is 2.94. The van der Waals surface area contributed by atoms with E-state index in [1.54, 1.807) is 18.2 Å². The maximum atomic E-state index is 12.7. The number of carbonyl (C=O) groups excluding carboxylic acids is 2. The molecule has 0 saturated heterocycles. The van der Waals surface area contributed by atoms with E-state index in [1.165, 1.54) is 12.0 Å². The van der Waals surface area contributed by atoms with Crippen LogP contribution in [0.1, 0.15) is 68.6 Å². The first-order valence-electron chi connectivity index (χ1n) is 9.75. The van der Waals surface area contributed by atoms with Crippen molar-refractivity contribution in [2.24, 2.45) is 0 Å². The number of ether oxygens (including phenoxy) is 1. The molecule has 0 saturated carbocycles. The second-order valence-electron chi connectivity index (χ2n) is 9.64. The molecular weight excluding hydrogens is 366 g/mol. The molecule has 1 heterocycles. The molecule has 2 aromatic carbocycles. The lowest BCUT2D eigenvalue weighted by atomic mass is 9.78. The number of phenolic OH excluding ortho intramolecular Hbond substituents is 1. The van der Waals surface area contributed by atoms with E-state index < -0.39 is 11.7 Å². The Balaban J connectivity index is 2.10. The normalized spacial score (nSPS) is 14.4. The van der Waals surface area contributed by atoms with Gasteiger partial charge < -0.3 is 14.7 Å². The van der Waals surface area contributed by atoms with Crippen LogP contribution in [0.2, 0.25) is 0 Å². The molecule has 1 N–H and O–H groups in total. The van der Waals surface area contributed by atoms with Crippen molar-refractivity contribution in [1.82, 2.24) is 0 Å². The van der Waals surface area contributed by atoms with E-state index in [0.29, 0.717) is 22.7 Å². The highest BCUT2D eigenvalue weighted by molar-refractivity contribution is 6.52. The fraction of sp³-hybridized carbons (Fsp3) is 0.417. The van der Waals surface area contributed by atoms with Gasteiger partial charge in [-0.05, 0) is 57.9 Å². The summed E-state index contributed by atoms with van der Waals surface area (Å²) in [7, 11) is 1.53. The van der Waals surface area contributed by atoms with Crippen molar-refractivity contribution in [2.45, 2.75) is 58.9 Å². The largest absolute Gasteiger partial charge is 0.507 e. The number of nitrogens with zero attached hydrogens (tertiary/aromatic N) is 1. The van der Waals surface area contributed by atoms with Gasteiger partial charge in [0.15, 0.2) is 0 Å². The number of hydrogen-bond acceptors (Lipinski definition) is 4. The van der Waals surface area contributed by atoms with Crippen LogP contribution in [0, 0.1) is 0 Å². The summed E-state index contributed by atoms with van der Waals surface area (Å²) < 4.78 is 5.19. The topological polar surface area (TPSA) is 66.8 Å². The Bertz CT molecular complexity index is 958. The van der Waals surface area contributed by atoms with Gasteiger partial charge in [0.2, 0.25) is 0 Å². The molecule has 1 aliphatic rings. The molecule has 5 heteroatoms. The average molecular weight is 395 g/mol. The molecule has 0 aromatic heterocycles. The highest BCUT2D eigenvalue weighted by Crippen LogP contribution is 2.41. The smallest absolute Gasteiger partial charge is 0.299 e. The number of methoxy groups -OCH3 is 1. The molecular formula is C24H29NO4. The molecule has 29 heavy (non-hydrogen) atoms. The molecule has 154 valence electrons. The first-order valence-corrected chi connectivity index (χ1v) is 9.75. The Labute approximate surface area is 172 Å². The van der Waals surface area contributed by atoms with Crippen LogP contribution in [0.15, 0.2) is 30.3 Å². The van der Waals surface area contributed by atoms with Gasteiger partial charge in [-0.1, -0.05) is 41.5 Å². The highest BCUT2D eigenvalue weighted by atomic mass is 16.5. The molecule has 0 fully saturated rings. The molecule has 3 rings (SSSR count). The number of anilines is 1. The molecule has 2 aromatic rings. The number of phenols is 1. The summed E-state index contributed by atoms with van der Waals surface area (Å²) in [4.78, 5) is 26.7.